The fraction of sp³-hybridized carbons (Fsp3) is 0.733. The largest absolute Gasteiger partial charge is 0.379 e. The molecule has 7 nitrogen and oxygen atoms in total. The van der Waals surface area contributed by atoms with Crippen LogP contribution in [0.5, 0.6) is 0 Å². The van der Waals surface area contributed by atoms with Crippen LogP contribution >= 0.6 is 0 Å². The van der Waals surface area contributed by atoms with Crippen LogP contribution in [0.25, 0.3) is 0 Å². The van der Waals surface area contributed by atoms with Crippen LogP contribution in [0.15, 0.2) is 12.4 Å². The van der Waals surface area contributed by atoms with Crippen LogP contribution in [0.4, 0.5) is 10.3 Å². The molecule has 0 bridgehead atoms. The monoisotopic (exact) mass is 358 g/mol. The fourth-order valence-corrected chi connectivity index (χ4v) is 4.70. The Morgan fingerprint density at radius 2 is 2.04 bits per heavy atom. The molecular formula is C15H23FN4O3S. The van der Waals surface area contributed by atoms with Gasteiger partial charge in [0.1, 0.15) is 0 Å². The average Bonchev–Trinajstić information content (AvgIpc) is 2.78. The predicted octanol–water partition coefficient (Wildman–Crippen LogP) is 0.884. The van der Waals surface area contributed by atoms with E-state index in [4.69, 9.17) is 4.74 Å². The molecule has 2 fully saturated rings. The molecule has 1 aromatic heterocycles. The van der Waals surface area contributed by atoms with Crippen molar-refractivity contribution in [2.75, 3.05) is 50.0 Å². The Balaban J connectivity index is 1.82. The lowest BCUT2D eigenvalue weighted by atomic mass is 9.81. The van der Waals surface area contributed by atoms with E-state index in [-0.39, 0.29) is 11.2 Å². The van der Waals surface area contributed by atoms with Gasteiger partial charge in [-0.15, -0.1) is 0 Å². The summed E-state index contributed by atoms with van der Waals surface area (Å²) in [5, 5.41) is 0. The summed E-state index contributed by atoms with van der Waals surface area (Å²) in [6, 6.07) is 0. The van der Waals surface area contributed by atoms with Crippen molar-refractivity contribution in [1.29, 1.82) is 0 Å². The maximum absolute atomic E-state index is 13.1. The quantitative estimate of drug-likeness (QED) is 0.799. The van der Waals surface area contributed by atoms with Gasteiger partial charge in [-0.2, -0.15) is 0 Å². The molecule has 24 heavy (non-hydrogen) atoms. The molecule has 9 heteroatoms. The normalized spacial score (nSPS) is 26.5. The van der Waals surface area contributed by atoms with E-state index >= 15 is 0 Å². The molecule has 134 valence electrons. The van der Waals surface area contributed by atoms with Crippen molar-refractivity contribution < 1.29 is 17.5 Å². The highest BCUT2D eigenvalue weighted by Gasteiger charge is 2.42. The third-order valence-corrected chi connectivity index (χ3v) is 6.54. The zero-order valence-corrected chi connectivity index (χ0v) is 14.6. The molecular weight excluding hydrogens is 335 g/mol. The topological polar surface area (TPSA) is 75.6 Å². The molecule has 0 saturated carbocycles. The molecule has 0 aliphatic carbocycles. The lowest BCUT2D eigenvalue weighted by molar-refractivity contribution is 0.0350. The van der Waals surface area contributed by atoms with Crippen molar-refractivity contribution in [3.05, 3.63) is 18.2 Å². The molecule has 3 heterocycles. The fourth-order valence-electron chi connectivity index (χ4n) is 3.46. The van der Waals surface area contributed by atoms with E-state index in [9.17, 15) is 12.8 Å². The molecule has 0 amide bonds. The molecule has 3 rings (SSSR count). The molecule has 0 radical (unpaired) electrons. The number of rotatable bonds is 3. The van der Waals surface area contributed by atoms with E-state index in [1.165, 1.54) is 0 Å². The Labute approximate surface area is 141 Å². The van der Waals surface area contributed by atoms with Crippen molar-refractivity contribution in [2.45, 2.75) is 19.8 Å². The lowest BCUT2D eigenvalue weighted by Crippen LogP contribution is -2.52. The number of anilines is 1. The van der Waals surface area contributed by atoms with Crippen LogP contribution in [-0.2, 0) is 14.8 Å². The molecule has 1 aromatic rings. The molecule has 0 unspecified atom stereocenters. The Hall–Kier alpha value is -1.32. The maximum atomic E-state index is 13.1. The van der Waals surface area contributed by atoms with E-state index in [0.717, 1.165) is 25.2 Å². The summed E-state index contributed by atoms with van der Waals surface area (Å²) in [5.74, 6) is 0.0866. The highest BCUT2D eigenvalue weighted by Crippen LogP contribution is 2.34. The Bertz CT molecular complexity index is 670. The van der Waals surface area contributed by atoms with Gasteiger partial charge in [0.2, 0.25) is 16.0 Å². The van der Waals surface area contributed by atoms with Crippen LogP contribution in [0, 0.1) is 11.2 Å². The summed E-state index contributed by atoms with van der Waals surface area (Å²) < 4.78 is 44.9. The maximum Gasteiger partial charge on any atom is 0.225 e. The summed E-state index contributed by atoms with van der Waals surface area (Å²) in [6.07, 6.45) is 3.99. The van der Waals surface area contributed by atoms with E-state index in [2.05, 4.69) is 9.97 Å². The minimum Gasteiger partial charge on any atom is -0.379 e. The number of aromatic nitrogens is 2. The van der Waals surface area contributed by atoms with E-state index in [1.807, 2.05) is 4.90 Å². The zero-order valence-electron chi connectivity index (χ0n) is 13.8. The first-order valence-electron chi connectivity index (χ1n) is 8.22. The Morgan fingerprint density at radius 3 is 2.75 bits per heavy atom. The Morgan fingerprint density at radius 1 is 1.29 bits per heavy atom. The van der Waals surface area contributed by atoms with Crippen molar-refractivity contribution in [3.8, 4) is 0 Å². The number of hydrogen-bond donors (Lipinski definition) is 0. The van der Waals surface area contributed by atoms with Crippen LogP contribution in [-0.4, -0.2) is 67.8 Å². The first kappa shape index (κ1) is 17.5. The molecule has 2 aliphatic heterocycles. The van der Waals surface area contributed by atoms with Crippen molar-refractivity contribution in [3.63, 3.8) is 0 Å². The van der Waals surface area contributed by atoms with Gasteiger partial charge in [0, 0.05) is 31.6 Å². The molecule has 1 atom stereocenters. The number of nitrogens with zero attached hydrogens (tertiary/aromatic N) is 4. The second-order valence-electron chi connectivity index (χ2n) is 6.51. The van der Waals surface area contributed by atoms with Crippen LogP contribution in [0.2, 0.25) is 0 Å². The number of halogens is 1. The number of piperidine rings is 1. The van der Waals surface area contributed by atoms with Crippen molar-refractivity contribution in [2.24, 2.45) is 5.41 Å². The minimum absolute atomic E-state index is 0.106. The number of ether oxygens (including phenoxy) is 1. The first-order valence-corrected chi connectivity index (χ1v) is 9.83. The second-order valence-corrected chi connectivity index (χ2v) is 8.77. The van der Waals surface area contributed by atoms with Gasteiger partial charge < -0.3 is 9.64 Å². The van der Waals surface area contributed by atoms with Crippen molar-refractivity contribution in [1.82, 2.24) is 14.3 Å². The Kier molecular flexibility index (Phi) is 5.03. The molecule has 2 saturated heterocycles. The summed E-state index contributed by atoms with van der Waals surface area (Å²) in [7, 11) is -3.22. The van der Waals surface area contributed by atoms with Crippen molar-refractivity contribution >= 4 is 16.0 Å². The summed E-state index contributed by atoms with van der Waals surface area (Å²) in [4.78, 5) is 10.1. The summed E-state index contributed by atoms with van der Waals surface area (Å²) in [5.41, 5.74) is -0.283. The lowest BCUT2D eigenvalue weighted by Gasteiger charge is -2.42. The van der Waals surface area contributed by atoms with Gasteiger partial charge >= 0.3 is 0 Å². The first-order chi connectivity index (χ1) is 11.4. The highest BCUT2D eigenvalue weighted by atomic mass is 32.2. The summed E-state index contributed by atoms with van der Waals surface area (Å²) >= 11 is 0. The third-order valence-electron chi connectivity index (χ3n) is 4.71. The van der Waals surface area contributed by atoms with E-state index in [0.29, 0.717) is 45.3 Å². The standard InChI is InChI=1S/C15H23FN4O3S/c1-2-24(21,22)20-5-3-4-15(11-20)10-19(6-7-23-12-15)14-17-8-13(16)9-18-14/h8-9H,2-7,10-12H2,1H3/t15-/m0/s1. The molecule has 0 N–H and O–H groups in total. The van der Waals surface area contributed by atoms with Crippen LogP contribution in [0.1, 0.15) is 19.8 Å². The number of sulfonamides is 1. The second kappa shape index (κ2) is 6.89. The van der Waals surface area contributed by atoms with Gasteiger partial charge in [-0.1, -0.05) is 0 Å². The average molecular weight is 358 g/mol. The van der Waals surface area contributed by atoms with Gasteiger partial charge in [-0.05, 0) is 19.8 Å². The summed E-state index contributed by atoms with van der Waals surface area (Å²) in [6.45, 7) is 4.91. The van der Waals surface area contributed by atoms with Gasteiger partial charge in [-0.25, -0.2) is 27.1 Å². The van der Waals surface area contributed by atoms with Gasteiger partial charge in [-0.3, -0.25) is 0 Å². The SMILES string of the molecule is CCS(=O)(=O)N1CCC[C@@]2(COCCN(c3ncc(F)cn3)C2)C1. The zero-order chi connectivity index (χ0) is 17.2. The van der Waals surface area contributed by atoms with Crippen LogP contribution in [0.3, 0.4) is 0 Å². The third kappa shape index (κ3) is 3.68. The van der Waals surface area contributed by atoms with Gasteiger partial charge in [0.25, 0.3) is 0 Å². The van der Waals surface area contributed by atoms with E-state index < -0.39 is 15.8 Å². The van der Waals surface area contributed by atoms with E-state index in [1.54, 1.807) is 11.2 Å². The van der Waals surface area contributed by atoms with Gasteiger partial charge in [0.15, 0.2) is 5.82 Å². The van der Waals surface area contributed by atoms with Gasteiger partial charge in [0.05, 0.1) is 31.4 Å². The molecule has 1 spiro atoms. The minimum atomic E-state index is -3.22. The molecule has 2 aliphatic rings. The predicted molar refractivity (Wildman–Crippen MR) is 87.7 cm³/mol. The molecule has 0 aromatic carbocycles. The van der Waals surface area contributed by atoms with Crippen LogP contribution < -0.4 is 4.90 Å². The number of hydrogen-bond acceptors (Lipinski definition) is 6. The highest BCUT2D eigenvalue weighted by molar-refractivity contribution is 7.89. The smallest absolute Gasteiger partial charge is 0.225 e.